The molecule has 1 aromatic carbocycles. The maximum atomic E-state index is 12.8. The van der Waals surface area contributed by atoms with Gasteiger partial charge < -0.3 is 4.74 Å². The smallest absolute Gasteiger partial charge is 0.262 e. The average Bonchev–Trinajstić information content (AvgIpc) is 3.04. The fourth-order valence-corrected chi connectivity index (χ4v) is 3.62. The summed E-state index contributed by atoms with van der Waals surface area (Å²) in [6, 6.07) is 15.5. The number of pyridine rings is 2. The van der Waals surface area contributed by atoms with Gasteiger partial charge in [-0.2, -0.15) is 0 Å². The van der Waals surface area contributed by atoms with Crippen LogP contribution in [0.1, 0.15) is 0 Å². The van der Waals surface area contributed by atoms with Crippen molar-refractivity contribution in [2.75, 3.05) is 7.11 Å². The van der Waals surface area contributed by atoms with Gasteiger partial charge in [0.05, 0.1) is 17.3 Å². The molecule has 0 bridgehead atoms. The predicted octanol–water partition coefficient (Wildman–Crippen LogP) is 4.19. The molecule has 0 aliphatic heterocycles. The number of benzene rings is 1. The molecule has 22 heavy (non-hydrogen) atoms. The molecule has 3 heterocycles. The van der Waals surface area contributed by atoms with Crippen LogP contribution in [0.2, 0.25) is 0 Å². The van der Waals surface area contributed by atoms with E-state index in [4.69, 9.17) is 4.74 Å². The molecule has 4 heteroatoms. The van der Waals surface area contributed by atoms with Gasteiger partial charge in [0.15, 0.2) is 0 Å². The topological polar surface area (TPSA) is 30.7 Å². The molecule has 0 N–H and O–H groups in total. The third kappa shape index (κ3) is 1.92. The van der Waals surface area contributed by atoms with Crippen molar-refractivity contribution < 1.29 is 4.74 Å². The summed E-state index contributed by atoms with van der Waals surface area (Å²) < 4.78 is 8.10. The van der Waals surface area contributed by atoms with E-state index in [-0.39, 0.29) is 5.56 Å². The first kappa shape index (κ1) is 13.1. The van der Waals surface area contributed by atoms with Crippen molar-refractivity contribution in [3.05, 3.63) is 70.5 Å². The average molecular weight is 307 g/mol. The van der Waals surface area contributed by atoms with Gasteiger partial charge in [-0.05, 0) is 52.7 Å². The van der Waals surface area contributed by atoms with Crippen LogP contribution < -0.4 is 10.3 Å². The van der Waals surface area contributed by atoms with Crippen molar-refractivity contribution in [2.45, 2.75) is 0 Å². The first-order valence-electron chi connectivity index (χ1n) is 6.94. The quantitative estimate of drug-likeness (QED) is 0.556. The molecule has 4 rings (SSSR count). The summed E-state index contributed by atoms with van der Waals surface area (Å²) in [5, 5.41) is 3.21. The Balaban J connectivity index is 2.01. The molecule has 3 nitrogen and oxygen atoms in total. The summed E-state index contributed by atoms with van der Waals surface area (Å²) in [5.74, 6) is 0.746. The Morgan fingerprint density at radius 2 is 2.00 bits per heavy atom. The summed E-state index contributed by atoms with van der Waals surface area (Å²) in [6.07, 6.45) is 1.84. The second-order valence-electron chi connectivity index (χ2n) is 5.06. The Bertz CT molecular complexity index is 1050. The molecular formula is C18H13NO2S. The zero-order chi connectivity index (χ0) is 15.1. The van der Waals surface area contributed by atoms with Gasteiger partial charge in [0.1, 0.15) is 5.75 Å². The van der Waals surface area contributed by atoms with E-state index in [0.717, 1.165) is 21.5 Å². The van der Waals surface area contributed by atoms with Crippen molar-refractivity contribution in [1.82, 2.24) is 4.40 Å². The summed E-state index contributed by atoms with van der Waals surface area (Å²) in [5.41, 5.74) is 2.47. The first-order chi connectivity index (χ1) is 10.8. The standard InChI is InChI=1S/C18H13NO2S/c1-21-14-4-2-3-13(11-14)15-5-6-16-17-12(8-10-22-17)7-9-19(16)18(15)20/h2-11H,1H3. The summed E-state index contributed by atoms with van der Waals surface area (Å²) in [4.78, 5) is 12.8. The number of thiophene rings is 1. The Kier molecular flexibility index (Phi) is 2.98. The number of fused-ring (bicyclic) bond motifs is 3. The zero-order valence-corrected chi connectivity index (χ0v) is 12.8. The number of rotatable bonds is 2. The number of ether oxygens (including phenoxy) is 1. The minimum Gasteiger partial charge on any atom is -0.497 e. The maximum absolute atomic E-state index is 12.8. The van der Waals surface area contributed by atoms with E-state index < -0.39 is 0 Å². The normalized spacial score (nSPS) is 11.1. The van der Waals surface area contributed by atoms with E-state index in [1.54, 1.807) is 22.8 Å². The van der Waals surface area contributed by atoms with Gasteiger partial charge >= 0.3 is 0 Å². The van der Waals surface area contributed by atoms with Gasteiger partial charge in [0.2, 0.25) is 0 Å². The molecule has 3 aromatic heterocycles. The van der Waals surface area contributed by atoms with E-state index in [1.807, 2.05) is 54.0 Å². The van der Waals surface area contributed by atoms with Gasteiger partial charge in [0, 0.05) is 11.8 Å². The molecule has 0 unspecified atom stereocenters. The van der Waals surface area contributed by atoms with Crippen LogP contribution in [0.3, 0.4) is 0 Å². The molecule has 4 aromatic rings. The molecular weight excluding hydrogens is 294 g/mol. The lowest BCUT2D eigenvalue weighted by Gasteiger charge is -2.07. The summed E-state index contributed by atoms with van der Waals surface area (Å²) >= 11 is 1.65. The Hall–Kier alpha value is -2.59. The van der Waals surface area contributed by atoms with Crippen molar-refractivity contribution in [3.63, 3.8) is 0 Å². The fraction of sp³-hybridized carbons (Fsp3) is 0.0556. The van der Waals surface area contributed by atoms with E-state index in [2.05, 4.69) is 6.07 Å². The van der Waals surface area contributed by atoms with E-state index in [9.17, 15) is 4.79 Å². The molecule has 0 saturated heterocycles. The molecule has 0 saturated carbocycles. The van der Waals surface area contributed by atoms with Crippen LogP contribution in [0.15, 0.2) is 64.9 Å². The Morgan fingerprint density at radius 3 is 2.86 bits per heavy atom. The number of nitrogens with zero attached hydrogens (tertiary/aromatic N) is 1. The second kappa shape index (κ2) is 5.00. The molecule has 0 amide bonds. The first-order valence-corrected chi connectivity index (χ1v) is 7.82. The van der Waals surface area contributed by atoms with Gasteiger partial charge in [-0.15, -0.1) is 11.3 Å². The van der Waals surface area contributed by atoms with Gasteiger partial charge in [-0.25, -0.2) is 0 Å². The fourth-order valence-electron chi connectivity index (χ4n) is 2.71. The van der Waals surface area contributed by atoms with Crippen LogP contribution in [-0.2, 0) is 0 Å². The largest absolute Gasteiger partial charge is 0.497 e. The number of methoxy groups -OCH3 is 1. The molecule has 0 fully saturated rings. The molecule has 0 aliphatic rings. The SMILES string of the molecule is COc1cccc(-c2ccc3c4sccc4ccn3c2=O)c1. The number of hydrogen-bond donors (Lipinski definition) is 0. The highest BCUT2D eigenvalue weighted by Gasteiger charge is 2.09. The summed E-state index contributed by atoms with van der Waals surface area (Å²) in [7, 11) is 1.62. The van der Waals surface area contributed by atoms with E-state index >= 15 is 0 Å². The third-order valence-corrected chi connectivity index (χ3v) is 4.78. The van der Waals surface area contributed by atoms with Crippen LogP contribution in [0, 0.1) is 0 Å². The lowest BCUT2D eigenvalue weighted by molar-refractivity contribution is 0.415. The van der Waals surface area contributed by atoms with Crippen molar-refractivity contribution in [3.8, 4) is 16.9 Å². The third-order valence-electron chi connectivity index (χ3n) is 3.83. The minimum atomic E-state index is -0.0129. The highest BCUT2D eigenvalue weighted by atomic mass is 32.1. The second-order valence-corrected chi connectivity index (χ2v) is 5.98. The number of hydrogen-bond acceptors (Lipinski definition) is 3. The van der Waals surface area contributed by atoms with Crippen LogP contribution in [0.25, 0.3) is 26.7 Å². The lowest BCUT2D eigenvalue weighted by Crippen LogP contribution is -2.15. The highest BCUT2D eigenvalue weighted by molar-refractivity contribution is 7.18. The van der Waals surface area contributed by atoms with E-state index in [0.29, 0.717) is 5.56 Å². The molecule has 0 aliphatic carbocycles. The highest BCUT2D eigenvalue weighted by Crippen LogP contribution is 2.27. The van der Waals surface area contributed by atoms with Crippen LogP contribution in [-0.4, -0.2) is 11.5 Å². The van der Waals surface area contributed by atoms with Gasteiger partial charge in [0.25, 0.3) is 5.56 Å². The number of aromatic nitrogens is 1. The molecule has 108 valence electrons. The van der Waals surface area contributed by atoms with Crippen LogP contribution in [0.5, 0.6) is 5.75 Å². The van der Waals surface area contributed by atoms with Gasteiger partial charge in [-0.3, -0.25) is 9.20 Å². The molecule has 0 radical (unpaired) electrons. The zero-order valence-electron chi connectivity index (χ0n) is 11.9. The van der Waals surface area contributed by atoms with Crippen LogP contribution >= 0.6 is 11.3 Å². The van der Waals surface area contributed by atoms with Crippen molar-refractivity contribution >= 4 is 26.9 Å². The monoisotopic (exact) mass is 307 g/mol. The van der Waals surface area contributed by atoms with E-state index in [1.165, 1.54) is 5.39 Å². The predicted molar refractivity (Wildman–Crippen MR) is 91.0 cm³/mol. The summed E-state index contributed by atoms with van der Waals surface area (Å²) in [6.45, 7) is 0. The minimum absolute atomic E-state index is 0.0129. The lowest BCUT2D eigenvalue weighted by atomic mass is 10.1. The molecule has 0 atom stereocenters. The Labute approximate surface area is 131 Å². The molecule has 0 spiro atoms. The van der Waals surface area contributed by atoms with Crippen molar-refractivity contribution in [2.24, 2.45) is 0 Å². The van der Waals surface area contributed by atoms with Gasteiger partial charge in [-0.1, -0.05) is 12.1 Å². The maximum Gasteiger partial charge on any atom is 0.262 e. The van der Waals surface area contributed by atoms with Crippen molar-refractivity contribution in [1.29, 1.82) is 0 Å². The van der Waals surface area contributed by atoms with Crippen LogP contribution in [0.4, 0.5) is 0 Å². The Morgan fingerprint density at radius 1 is 1.09 bits per heavy atom.